The smallest absolute Gasteiger partial charge is 0.337 e. The van der Waals surface area contributed by atoms with Crippen molar-refractivity contribution in [2.24, 2.45) is 0 Å². The van der Waals surface area contributed by atoms with Crippen LogP contribution in [0, 0.1) is 0 Å². The third-order valence-corrected chi connectivity index (χ3v) is 3.94. The SMILES string of the molecule is COC(=O)c1cccc(Nc2ccc(C(=O)Nc3ccccc3OC)cn2)c1. The van der Waals surface area contributed by atoms with Crippen molar-refractivity contribution in [3.63, 3.8) is 0 Å². The number of para-hydroxylation sites is 2. The fourth-order valence-electron chi connectivity index (χ4n) is 2.53. The van der Waals surface area contributed by atoms with Crippen molar-refractivity contribution >= 4 is 29.1 Å². The zero-order valence-corrected chi connectivity index (χ0v) is 15.4. The number of carbonyl (C=O) groups is 2. The van der Waals surface area contributed by atoms with E-state index in [0.29, 0.717) is 34.1 Å². The predicted molar refractivity (Wildman–Crippen MR) is 106 cm³/mol. The average Bonchev–Trinajstić information content (AvgIpc) is 2.74. The van der Waals surface area contributed by atoms with Gasteiger partial charge in [-0.05, 0) is 42.5 Å². The van der Waals surface area contributed by atoms with E-state index in [1.165, 1.54) is 13.3 Å². The van der Waals surface area contributed by atoms with Gasteiger partial charge in [-0.15, -0.1) is 0 Å². The Hall–Kier alpha value is -3.87. The van der Waals surface area contributed by atoms with Crippen molar-refractivity contribution in [1.82, 2.24) is 4.98 Å². The minimum atomic E-state index is -0.417. The van der Waals surface area contributed by atoms with Gasteiger partial charge in [0.2, 0.25) is 0 Å². The molecule has 0 aliphatic heterocycles. The lowest BCUT2D eigenvalue weighted by Crippen LogP contribution is -2.13. The van der Waals surface area contributed by atoms with Crippen molar-refractivity contribution < 1.29 is 19.1 Å². The Morgan fingerprint density at radius 2 is 1.75 bits per heavy atom. The average molecular weight is 377 g/mol. The summed E-state index contributed by atoms with van der Waals surface area (Å²) in [5.74, 6) is 0.402. The summed E-state index contributed by atoms with van der Waals surface area (Å²) >= 11 is 0. The standard InChI is InChI=1S/C21H19N3O4/c1-27-18-9-4-3-8-17(18)24-20(25)15-10-11-19(22-13-15)23-16-7-5-6-14(12-16)21(26)28-2/h3-13H,1-2H3,(H,22,23)(H,24,25). The molecule has 3 rings (SSSR count). The summed E-state index contributed by atoms with van der Waals surface area (Å²) in [7, 11) is 2.88. The highest BCUT2D eigenvalue weighted by Gasteiger charge is 2.10. The van der Waals surface area contributed by atoms with Gasteiger partial charge in [-0.3, -0.25) is 4.79 Å². The summed E-state index contributed by atoms with van der Waals surface area (Å²) in [4.78, 5) is 28.3. The molecule has 0 saturated heterocycles. The van der Waals surface area contributed by atoms with Gasteiger partial charge in [0.15, 0.2) is 0 Å². The highest BCUT2D eigenvalue weighted by molar-refractivity contribution is 6.05. The second-order valence-electron chi connectivity index (χ2n) is 5.78. The summed E-state index contributed by atoms with van der Waals surface area (Å²) in [5.41, 5.74) is 2.10. The zero-order chi connectivity index (χ0) is 19.9. The van der Waals surface area contributed by atoms with E-state index in [4.69, 9.17) is 9.47 Å². The van der Waals surface area contributed by atoms with Gasteiger partial charge in [-0.2, -0.15) is 0 Å². The second kappa shape index (κ2) is 8.68. The molecule has 0 atom stereocenters. The molecular formula is C21H19N3O4. The molecule has 2 aromatic carbocycles. The van der Waals surface area contributed by atoms with Crippen molar-refractivity contribution in [1.29, 1.82) is 0 Å². The molecule has 0 unspecified atom stereocenters. The number of pyridine rings is 1. The Labute approximate surface area is 162 Å². The van der Waals surface area contributed by atoms with E-state index in [-0.39, 0.29) is 5.91 Å². The number of hydrogen-bond acceptors (Lipinski definition) is 6. The Balaban J connectivity index is 1.70. The first kappa shape index (κ1) is 18.9. The quantitative estimate of drug-likeness (QED) is 0.634. The first-order valence-corrected chi connectivity index (χ1v) is 8.46. The molecule has 1 heterocycles. The summed E-state index contributed by atoms with van der Waals surface area (Å²) in [6, 6.07) is 17.4. The van der Waals surface area contributed by atoms with Gasteiger partial charge in [0.25, 0.3) is 5.91 Å². The van der Waals surface area contributed by atoms with Crippen LogP contribution < -0.4 is 15.4 Å². The summed E-state index contributed by atoms with van der Waals surface area (Å²) < 4.78 is 9.94. The number of ether oxygens (including phenoxy) is 2. The number of amides is 1. The first-order valence-electron chi connectivity index (χ1n) is 8.46. The van der Waals surface area contributed by atoms with E-state index in [1.54, 1.807) is 55.6 Å². The number of esters is 1. The molecule has 1 aromatic heterocycles. The minimum absolute atomic E-state index is 0.295. The molecule has 0 saturated carbocycles. The molecule has 0 aliphatic carbocycles. The summed E-state index contributed by atoms with van der Waals surface area (Å²) in [6.07, 6.45) is 1.47. The molecule has 0 bridgehead atoms. The van der Waals surface area contributed by atoms with Crippen LogP contribution in [0.25, 0.3) is 0 Å². The lowest BCUT2D eigenvalue weighted by Gasteiger charge is -2.10. The Kier molecular flexibility index (Phi) is 5.86. The minimum Gasteiger partial charge on any atom is -0.495 e. The van der Waals surface area contributed by atoms with Crippen LogP contribution in [0.3, 0.4) is 0 Å². The normalized spacial score (nSPS) is 10.1. The maximum Gasteiger partial charge on any atom is 0.337 e. The third-order valence-electron chi connectivity index (χ3n) is 3.94. The van der Waals surface area contributed by atoms with E-state index in [2.05, 4.69) is 15.6 Å². The molecule has 0 radical (unpaired) electrons. The molecule has 2 N–H and O–H groups in total. The van der Waals surface area contributed by atoms with Gasteiger partial charge in [0.05, 0.1) is 31.0 Å². The number of anilines is 3. The summed E-state index contributed by atoms with van der Waals surface area (Å²) in [5, 5.41) is 5.88. The number of hydrogen-bond donors (Lipinski definition) is 2. The largest absolute Gasteiger partial charge is 0.495 e. The summed E-state index contributed by atoms with van der Waals surface area (Å²) in [6.45, 7) is 0. The van der Waals surface area contributed by atoms with Crippen LogP contribution in [-0.2, 0) is 4.74 Å². The van der Waals surface area contributed by atoms with Crippen LogP contribution in [-0.4, -0.2) is 31.1 Å². The number of nitrogens with one attached hydrogen (secondary N) is 2. The van der Waals surface area contributed by atoms with Crippen LogP contribution in [0.4, 0.5) is 17.2 Å². The van der Waals surface area contributed by atoms with Gasteiger partial charge in [-0.25, -0.2) is 9.78 Å². The number of carbonyl (C=O) groups excluding carboxylic acids is 2. The van der Waals surface area contributed by atoms with Gasteiger partial charge in [0, 0.05) is 11.9 Å². The van der Waals surface area contributed by atoms with E-state index in [9.17, 15) is 9.59 Å². The zero-order valence-electron chi connectivity index (χ0n) is 15.4. The van der Waals surface area contributed by atoms with Gasteiger partial charge < -0.3 is 20.1 Å². The molecule has 28 heavy (non-hydrogen) atoms. The van der Waals surface area contributed by atoms with E-state index < -0.39 is 5.97 Å². The third kappa shape index (κ3) is 4.45. The van der Waals surface area contributed by atoms with E-state index in [1.807, 2.05) is 12.1 Å². The lowest BCUT2D eigenvalue weighted by molar-refractivity contribution is 0.0600. The Bertz CT molecular complexity index is 987. The maximum atomic E-state index is 12.4. The Morgan fingerprint density at radius 3 is 2.46 bits per heavy atom. The van der Waals surface area contributed by atoms with Gasteiger partial charge >= 0.3 is 5.97 Å². The van der Waals surface area contributed by atoms with Crippen LogP contribution in [0.15, 0.2) is 66.9 Å². The fourth-order valence-corrected chi connectivity index (χ4v) is 2.53. The van der Waals surface area contributed by atoms with Gasteiger partial charge in [-0.1, -0.05) is 18.2 Å². The topological polar surface area (TPSA) is 89.5 Å². The molecule has 0 aliphatic rings. The monoisotopic (exact) mass is 377 g/mol. The number of aromatic nitrogens is 1. The second-order valence-corrected chi connectivity index (χ2v) is 5.78. The van der Waals surface area contributed by atoms with Crippen LogP contribution in [0.1, 0.15) is 20.7 Å². The highest BCUT2D eigenvalue weighted by atomic mass is 16.5. The fraction of sp³-hybridized carbons (Fsp3) is 0.0952. The molecule has 3 aromatic rings. The highest BCUT2D eigenvalue weighted by Crippen LogP contribution is 2.24. The molecule has 0 spiro atoms. The Morgan fingerprint density at radius 1 is 0.929 bits per heavy atom. The molecule has 142 valence electrons. The van der Waals surface area contributed by atoms with Crippen molar-refractivity contribution in [3.8, 4) is 5.75 Å². The molecule has 7 nitrogen and oxygen atoms in total. The van der Waals surface area contributed by atoms with E-state index in [0.717, 1.165) is 0 Å². The maximum absolute atomic E-state index is 12.4. The van der Waals surface area contributed by atoms with Crippen molar-refractivity contribution in [3.05, 3.63) is 78.0 Å². The molecule has 7 heteroatoms. The van der Waals surface area contributed by atoms with Crippen molar-refractivity contribution in [2.75, 3.05) is 24.9 Å². The number of rotatable bonds is 6. The number of methoxy groups -OCH3 is 2. The molecule has 1 amide bonds. The number of benzene rings is 2. The molecular weight excluding hydrogens is 358 g/mol. The lowest BCUT2D eigenvalue weighted by atomic mass is 10.2. The van der Waals surface area contributed by atoms with Crippen molar-refractivity contribution in [2.45, 2.75) is 0 Å². The predicted octanol–water partition coefficient (Wildman–Crippen LogP) is 3.87. The van der Waals surface area contributed by atoms with Gasteiger partial charge in [0.1, 0.15) is 11.6 Å². The van der Waals surface area contributed by atoms with Crippen LogP contribution in [0.2, 0.25) is 0 Å². The number of nitrogens with zero attached hydrogens (tertiary/aromatic N) is 1. The molecule has 0 fully saturated rings. The first-order chi connectivity index (χ1) is 13.6. The van der Waals surface area contributed by atoms with Crippen LogP contribution in [0.5, 0.6) is 5.75 Å². The van der Waals surface area contributed by atoms with Crippen LogP contribution >= 0.6 is 0 Å². The van der Waals surface area contributed by atoms with E-state index >= 15 is 0 Å².